The fourth-order valence-corrected chi connectivity index (χ4v) is 2.21. The van der Waals surface area contributed by atoms with Crippen LogP contribution in [-0.2, 0) is 4.74 Å². The number of ether oxygens (including phenoxy) is 2. The van der Waals surface area contributed by atoms with Crippen molar-refractivity contribution < 1.29 is 58.6 Å². The molecule has 0 aliphatic carbocycles. The van der Waals surface area contributed by atoms with Gasteiger partial charge in [-0.05, 0) is 36.4 Å². The fraction of sp³-hybridized carbons (Fsp3) is 0.222. The standard InChI is InChI=1S/C18H10BrF9N2O4/c19-17(25,26)18(27,28)34-14(22)16(23,24)33-9-6-4-8(5-7-9)29-15(32)30-13(31)12-10(20)2-1-3-11(12)21/h1-7,14H,(H2,29,30,31,32). The Kier molecular flexibility index (Phi) is 8.08. The van der Waals surface area contributed by atoms with Crippen molar-refractivity contribution in [2.45, 2.75) is 23.4 Å². The van der Waals surface area contributed by atoms with E-state index in [1.165, 1.54) is 15.9 Å². The van der Waals surface area contributed by atoms with Crippen LogP contribution in [0.3, 0.4) is 0 Å². The van der Waals surface area contributed by atoms with Gasteiger partial charge in [0.1, 0.15) is 22.9 Å². The molecule has 0 heterocycles. The molecule has 16 heteroatoms. The summed E-state index contributed by atoms with van der Waals surface area (Å²) in [6, 6.07) is 4.28. The lowest BCUT2D eigenvalue weighted by atomic mass is 10.2. The molecule has 2 aromatic rings. The van der Waals surface area contributed by atoms with Gasteiger partial charge in [0.2, 0.25) is 0 Å². The summed E-state index contributed by atoms with van der Waals surface area (Å²) < 4.78 is 125. The molecule has 1 unspecified atom stereocenters. The van der Waals surface area contributed by atoms with Crippen LogP contribution in [0.2, 0.25) is 0 Å². The zero-order valence-corrected chi connectivity index (χ0v) is 17.6. The van der Waals surface area contributed by atoms with E-state index in [-0.39, 0.29) is 5.69 Å². The number of alkyl halides is 8. The molecule has 34 heavy (non-hydrogen) atoms. The predicted molar refractivity (Wildman–Crippen MR) is 99.7 cm³/mol. The van der Waals surface area contributed by atoms with E-state index in [9.17, 15) is 49.1 Å². The summed E-state index contributed by atoms with van der Waals surface area (Å²) in [4.78, 5) is 18.5. The molecule has 186 valence electrons. The fourth-order valence-electron chi connectivity index (χ4n) is 2.12. The van der Waals surface area contributed by atoms with E-state index in [0.717, 1.165) is 30.3 Å². The minimum atomic E-state index is -5.65. The summed E-state index contributed by atoms with van der Waals surface area (Å²) in [7, 11) is 0. The van der Waals surface area contributed by atoms with Crippen molar-refractivity contribution in [2.24, 2.45) is 0 Å². The van der Waals surface area contributed by atoms with Gasteiger partial charge in [0.05, 0.1) is 0 Å². The number of hydrogen-bond acceptors (Lipinski definition) is 4. The van der Waals surface area contributed by atoms with Crippen molar-refractivity contribution in [3.05, 3.63) is 59.7 Å². The van der Waals surface area contributed by atoms with E-state index in [4.69, 9.17) is 0 Å². The predicted octanol–water partition coefficient (Wildman–Crippen LogP) is 5.79. The lowest BCUT2D eigenvalue weighted by Gasteiger charge is -2.27. The first-order valence-corrected chi connectivity index (χ1v) is 9.32. The topological polar surface area (TPSA) is 76.7 Å². The summed E-state index contributed by atoms with van der Waals surface area (Å²) in [5, 5.41) is 3.60. The average molecular weight is 569 g/mol. The van der Waals surface area contributed by atoms with Crippen molar-refractivity contribution in [1.82, 2.24) is 5.32 Å². The Morgan fingerprint density at radius 3 is 1.94 bits per heavy atom. The Bertz CT molecular complexity index is 1030. The largest absolute Gasteiger partial charge is 0.456 e. The Labute approximate surface area is 192 Å². The summed E-state index contributed by atoms with van der Waals surface area (Å²) in [6.45, 7) is 0. The number of benzene rings is 2. The van der Waals surface area contributed by atoms with E-state index in [1.54, 1.807) is 5.32 Å². The van der Waals surface area contributed by atoms with Gasteiger partial charge in [0, 0.05) is 21.6 Å². The Hall–Kier alpha value is -3.01. The summed E-state index contributed by atoms with van der Waals surface area (Å²) in [5.41, 5.74) is -1.25. The molecule has 2 rings (SSSR count). The van der Waals surface area contributed by atoms with Crippen LogP contribution in [-0.4, -0.2) is 35.3 Å². The Morgan fingerprint density at radius 1 is 0.912 bits per heavy atom. The molecule has 6 nitrogen and oxygen atoms in total. The van der Waals surface area contributed by atoms with Crippen LogP contribution in [0.5, 0.6) is 5.75 Å². The number of carbonyl (C=O) groups excluding carboxylic acids is 2. The molecule has 0 saturated heterocycles. The normalized spacial score (nSPS) is 13.2. The highest BCUT2D eigenvalue weighted by molar-refractivity contribution is 9.10. The molecule has 0 fully saturated rings. The lowest BCUT2D eigenvalue weighted by Crippen LogP contribution is -2.47. The molecule has 0 radical (unpaired) electrons. The summed E-state index contributed by atoms with van der Waals surface area (Å²) in [6.07, 6.45) is -15.1. The third-order valence-corrected chi connectivity index (χ3v) is 4.09. The van der Waals surface area contributed by atoms with Gasteiger partial charge in [-0.2, -0.15) is 26.3 Å². The second-order valence-corrected chi connectivity index (χ2v) is 7.14. The van der Waals surface area contributed by atoms with Crippen LogP contribution in [0.15, 0.2) is 42.5 Å². The number of amides is 3. The smallest absolute Gasteiger partial charge is 0.429 e. The highest BCUT2D eigenvalue weighted by atomic mass is 79.9. The Morgan fingerprint density at radius 2 is 1.44 bits per heavy atom. The van der Waals surface area contributed by atoms with E-state index < -0.39 is 58.3 Å². The van der Waals surface area contributed by atoms with Gasteiger partial charge in [0.15, 0.2) is 0 Å². The van der Waals surface area contributed by atoms with Gasteiger partial charge < -0.3 is 10.1 Å². The number of rotatable bonds is 8. The first kappa shape index (κ1) is 27.2. The highest BCUT2D eigenvalue weighted by Crippen LogP contribution is 2.43. The molecule has 3 amide bonds. The van der Waals surface area contributed by atoms with Crippen LogP contribution in [0.4, 0.5) is 50.0 Å². The van der Waals surface area contributed by atoms with Crippen molar-refractivity contribution in [3.63, 3.8) is 0 Å². The third-order valence-electron chi connectivity index (χ3n) is 3.63. The van der Waals surface area contributed by atoms with Crippen molar-refractivity contribution >= 4 is 33.6 Å². The van der Waals surface area contributed by atoms with Gasteiger partial charge in [0.25, 0.3) is 5.91 Å². The molecule has 2 aromatic carbocycles. The maximum absolute atomic E-state index is 13.6. The van der Waals surface area contributed by atoms with E-state index in [2.05, 4.69) is 9.47 Å². The molecule has 0 bridgehead atoms. The molecule has 0 aliphatic rings. The number of nitrogens with one attached hydrogen (secondary N) is 2. The van der Waals surface area contributed by atoms with E-state index >= 15 is 0 Å². The second kappa shape index (κ2) is 10.1. The van der Waals surface area contributed by atoms with Gasteiger partial charge in [-0.1, -0.05) is 6.07 Å². The van der Waals surface area contributed by atoms with Crippen LogP contribution >= 0.6 is 15.9 Å². The average Bonchev–Trinajstić information content (AvgIpc) is 2.67. The number of carbonyl (C=O) groups is 2. The first-order chi connectivity index (χ1) is 15.5. The SMILES string of the molecule is O=C(NC(=O)c1c(F)cccc1F)Nc1ccc(OC(F)(F)C(F)OC(F)(F)C(F)(F)Br)cc1. The number of anilines is 1. The molecule has 0 saturated carbocycles. The molecular weight excluding hydrogens is 559 g/mol. The number of halogens is 10. The minimum absolute atomic E-state index is 0.200. The van der Waals surface area contributed by atoms with Gasteiger partial charge in [-0.25, -0.2) is 18.0 Å². The summed E-state index contributed by atoms with van der Waals surface area (Å²) in [5.74, 6) is -4.81. The number of hydrogen-bond donors (Lipinski definition) is 2. The maximum atomic E-state index is 13.6. The molecule has 1 atom stereocenters. The van der Waals surface area contributed by atoms with Crippen molar-refractivity contribution in [3.8, 4) is 5.75 Å². The quantitative estimate of drug-likeness (QED) is 0.312. The van der Waals surface area contributed by atoms with Gasteiger partial charge in [-0.3, -0.25) is 14.8 Å². The van der Waals surface area contributed by atoms with Crippen LogP contribution in [0.25, 0.3) is 0 Å². The first-order valence-electron chi connectivity index (χ1n) is 8.53. The number of imide groups is 1. The Balaban J connectivity index is 1.99. The summed E-state index contributed by atoms with van der Waals surface area (Å²) >= 11 is 1.17. The van der Waals surface area contributed by atoms with E-state index in [1.807, 2.05) is 5.32 Å². The molecular formula is C18H10BrF9N2O4. The van der Waals surface area contributed by atoms with Gasteiger partial charge >= 0.3 is 29.4 Å². The minimum Gasteiger partial charge on any atom is -0.429 e. The molecule has 2 N–H and O–H groups in total. The number of urea groups is 1. The molecule has 0 aliphatic heterocycles. The zero-order valence-electron chi connectivity index (χ0n) is 16.0. The van der Waals surface area contributed by atoms with Crippen LogP contribution in [0.1, 0.15) is 10.4 Å². The van der Waals surface area contributed by atoms with Crippen LogP contribution < -0.4 is 15.4 Å². The van der Waals surface area contributed by atoms with Crippen molar-refractivity contribution in [2.75, 3.05) is 5.32 Å². The third kappa shape index (κ3) is 6.75. The monoisotopic (exact) mass is 568 g/mol. The second-order valence-electron chi connectivity index (χ2n) is 6.14. The highest BCUT2D eigenvalue weighted by Gasteiger charge is 2.61. The molecule has 0 spiro atoms. The zero-order chi connectivity index (χ0) is 25.9. The van der Waals surface area contributed by atoms with Crippen LogP contribution in [0, 0.1) is 11.6 Å². The van der Waals surface area contributed by atoms with Gasteiger partial charge in [-0.15, -0.1) is 0 Å². The maximum Gasteiger partial charge on any atom is 0.456 e. The lowest BCUT2D eigenvalue weighted by molar-refractivity contribution is -0.398. The van der Waals surface area contributed by atoms with E-state index in [0.29, 0.717) is 12.1 Å². The molecule has 0 aromatic heterocycles. The van der Waals surface area contributed by atoms with Crippen molar-refractivity contribution in [1.29, 1.82) is 0 Å².